The molecule has 8 aromatic carbocycles. The number of aromatic nitrogens is 5. The van der Waals surface area contributed by atoms with Crippen LogP contribution in [0.15, 0.2) is 200 Å². The van der Waals surface area contributed by atoms with Crippen molar-refractivity contribution in [2.45, 2.75) is 0 Å². The van der Waals surface area contributed by atoms with Crippen molar-refractivity contribution in [3.8, 4) is 62.2 Å². The normalized spacial score (nSPS) is 11.5. The molecule has 0 aliphatic heterocycles. The maximum Gasteiger partial charge on any atom is 0.164 e. The quantitative estimate of drug-likeness (QED) is 0.160. The molecule has 0 atom stereocenters. The van der Waals surface area contributed by atoms with Gasteiger partial charge in [0.15, 0.2) is 17.5 Å². The van der Waals surface area contributed by atoms with Crippen LogP contribution in [0.3, 0.4) is 0 Å². The van der Waals surface area contributed by atoms with Crippen LogP contribution in [0.1, 0.15) is 0 Å². The lowest BCUT2D eigenvalue weighted by molar-refractivity contribution is 1.07. The van der Waals surface area contributed by atoms with Gasteiger partial charge in [0, 0.05) is 54.9 Å². The third-order valence-corrected chi connectivity index (χ3v) is 10.8. The lowest BCUT2D eigenvalue weighted by Gasteiger charge is -2.15. The van der Waals surface area contributed by atoms with Crippen LogP contribution in [0.2, 0.25) is 0 Å². The zero-order valence-electron chi connectivity index (χ0n) is 30.8. The van der Waals surface area contributed by atoms with Gasteiger partial charge in [0.25, 0.3) is 0 Å². The molecule has 0 aliphatic carbocycles. The largest absolute Gasteiger partial charge is 0.309 e. The zero-order chi connectivity index (χ0) is 37.7. The van der Waals surface area contributed by atoms with Gasteiger partial charge < -0.3 is 4.57 Å². The minimum atomic E-state index is 0.622. The summed E-state index contributed by atoms with van der Waals surface area (Å²) in [6.07, 6.45) is 0. The SMILES string of the molecule is c1ccc(-c2nc(-c3ccccc3)nc(-c3cccc(-c4ccc5c(c4)nc(-c4ccccc4)c4ccc6c7ccccc7n(-c7ccccc7)c6c45)c3)n2)cc1. The first-order valence-electron chi connectivity index (χ1n) is 19.1. The summed E-state index contributed by atoms with van der Waals surface area (Å²) in [7, 11) is 0. The first-order valence-corrected chi connectivity index (χ1v) is 19.1. The van der Waals surface area contributed by atoms with E-state index in [0.717, 1.165) is 61.1 Å². The Morgan fingerprint density at radius 3 is 1.51 bits per heavy atom. The maximum atomic E-state index is 5.45. The van der Waals surface area contributed by atoms with Gasteiger partial charge in [0.2, 0.25) is 0 Å². The van der Waals surface area contributed by atoms with Crippen LogP contribution in [0.25, 0.3) is 106 Å². The molecule has 11 aromatic rings. The number of rotatable bonds is 6. The summed E-state index contributed by atoms with van der Waals surface area (Å²) in [5, 5.41) is 5.85. The smallest absolute Gasteiger partial charge is 0.164 e. The summed E-state index contributed by atoms with van der Waals surface area (Å²) in [4.78, 5) is 20.4. The van der Waals surface area contributed by atoms with Crippen molar-refractivity contribution in [1.29, 1.82) is 0 Å². The van der Waals surface area contributed by atoms with Crippen LogP contribution in [0, 0.1) is 0 Å². The predicted octanol–water partition coefficient (Wildman–Crippen LogP) is 13.0. The highest BCUT2D eigenvalue weighted by Gasteiger charge is 2.20. The number of pyridine rings is 1. The molecule has 3 aromatic heterocycles. The molecule has 0 saturated carbocycles. The number of hydrogen-bond acceptors (Lipinski definition) is 4. The Hall–Kier alpha value is -7.76. The standard InChI is InChI=1S/C52H33N5/c1-5-16-34(17-6-1)48-44-31-30-42-41-26-13-14-27-46(41)57(40-24-11-4-12-25-40)49(42)47(44)43-29-28-38(33-45(43)53-48)37-22-15-23-39(32-37)52-55-50(35-18-7-2-8-19-35)54-51(56-52)36-20-9-3-10-21-36/h1-33H. The van der Waals surface area contributed by atoms with Crippen molar-refractivity contribution in [2.75, 3.05) is 0 Å². The summed E-state index contributed by atoms with van der Waals surface area (Å²) >= 11 is 0. The Morgan fingerprint density at radius 2 is 0.825 bits per heavy atom. The van der Waals surface area contributed by atoms with E-state index in [1.165, 1.54) is 27.2 Å². The lowest BCUT2D eigenvalue weighted by atomic mass is 9.95. The first kappa shape index (κ1) is 32.7. The maximum absolute atomic E-state index is 5.45. The molecule has 0 N–H and O–H groups in total. The zero-order valence-corrected chi connectivity index (χ0v) is 30.8. The van der Waals surface area contributed by atoms with Gasteiger partial charge in [0.05, 0.1) is 22.2 Å². The van der Waals surface area contributed by atoms with Gasteiger partial charge in [-0.1, -0.05) is 170 Å². The van der Waals surface area contributed by atoms with E-state index in [1.807, 2.05) is 60.7 Å². The van der Waals surface area contributed by atoms with Gasteiger partial charge in [-0.25, -0.2) is 19.9 Å². The fraction of sp³-hybridized carbons (Fsp3) is 0. The molecule has 5 nitrogen and oxygen atoms in total. The molecular weight excluding hydrogens is 695 g/mol. The Morgan fingerprint density at radius 1 is 0.316 bits per heavy atom. The van der Waals surface area contributed by atoms with E-state index >= 15 is 0 Å². The van der Waals surface area contributed by atoms with E-state index in [1.54, 1.807) is 0 Å². The molecule has 0 amide bonds. The van der Waals surface area contributed by atoms with Crippen molar-refractivity contribution in [3.63, 3.8) is 0 Å². The van der Waals surface area contributed by atoms with Crippen molar-refractivity contribution in [2.24, 2.45) is 0 Å². The molecular formula is C52H33N5. The summed E-state index contributed by atoms with van der Waals surface area (Å²) in [5.74, 6) is 1.90. The average molecular weight is 728 g/mol. The molecule has 0 saturated heterocycles. The monoisotopic (exact) mass is 727 g/mol. The lowest BCUT2D eigenvalue weighted by Crippen LogP contribution is -2.00. The summed E-state index contributed by atoms with van der Waals surface area (Å²) in [5.41, 5.74) is 11.4. The van der Waals surface area contributed by atoms with Gasteiger partial charge in [-0.15, -0.1) is 0 Å². The predicted molar refractivity (Wildman–Crippen MR) is 234 cm³/mol. The van der Waals surface area contributed by atoms with E-state index in [4.69, 9.17) is 19.9 Å². The van der Waals surface area contributed by atoms with E-state index < -0.39 is 0 Å². The Kier molecular flexibility index (Phi) is 7.74. The van der Waals surface area contributed by atoms with Crippen molar-refractivity contribution < 1.29 is 0 Å². The van der Waals surface area contributed by atoms with E-state index in [9.17, 15) is 0 Å². The van der Waals surface area contributed by atoms with E-state index in [-0.39, 0.29) is 0 Å². The Balaban J connectivity index is 1.13. The number of nitrogens with zero attached hydrogens (tertiary/aromatic N) is 5. The number of fused-ring (bicyclic) bond motifs is 7. The van der Waals surface area contributed by atoms with Gasteiger partial charge in [-0.2, -0.15) is 0 Å². The van der Waals surface area contributed by atoms with Crippen LogP contribution in [0.5, 0.6) is 0 Å². The van der Waals surface area contributed by atoms with Crippen molar-refractivity contribution in [1.82, 2.24) is 24.5 Å². The highest BCUT2D eigenvalue weighted by Crippen LogP contribution is 2.43. The molecule has 11 rings (SSSR count). The number of hydrogen-bond donors (Lipinski definition) is 0. The van der Waals surface area contributed by atoms with Gasteiger partial charge >= 0.3 is 0 Å². The van der Waals surface area contributed by atoms with Gasteiger partial charge in [-0.3, -0.25) is 0 Å². The Bertz CT molecular complexity index is 3210. The highest BCUT2D eigenvalue weighted by molar-refractivity contribution is 6.27. The first-order chi connectivity index (χ1) is 28.3. The van der Waals surface area contributed by atoms with Crippen LogP contribution < -0.4 is 0 Å². The van der Waals surface area contributed by atoms with E-state index in [2.05, 4.69) is 144 Å². The van der Waals surface area contributed by atoms with Crippen LogP contribution in [-0.2, 0) is 0 Å². The molecule has 0 unspecified atom stereocenters. The molecule has 3 heterocycles. The molecule has 0 fully saturated rings. The van der Waals surface area contributed by atoms with Crippen molar-refractivity contribution in [3.05, 3.63) is 200 Å². The molecule has 57 heavy (non-hydrogen) atoms. The highest BCUT2D eigenvalue weighted by atomic mass is 15.0. The molecule has 5 heteroatoms. The minimum Gasteiger partial charge on any atom is -0.309 e. The Labute approximate surface area is 329 Å². The minimum absolute atomic E-state index is 0.622. The van der Waals surface area contributed by atoms with Crippen LogP contribution in [-0.4, -0.2) is 24.5 Å². The van der Waals surface area contributed by atoms with Crippen LogP contribution in [0.4, 0.5) is 0 Å². The number of benzene rings is 8. The topological polar surface area (TPSA) is 56.5 Å². The van der Waals surface area contributed by atoms with Crippen molar-refractivity contribution >= 4 is 43.5 Å². The summed E-state index contributed by atoms with van der Waals surface area (Å²) in [6.45, 7) is 0. The fourth-order valence-corrected chi connectivity index (χ4v) is 8.16. The van der Waals surface area contributed by atoms with E-state index in [0.29, 0.717) is 17.5 Å². The summed E-state index contributed by atoms with van der Waals surface area (Å²) < 4.78 is 2.42. The van der Waals surface area contributed by atoms with Crippen LogP contribution >= 0.6 is 0 Å². The fourth-order valence-electron chi connectivity index (χ4n) is 8.16. The molecule has 0 aliphatic rings. The second-order valence-corrected chi connectivity index (χ2v) is 14.2. The molecule has 266 valence electrons. The molecule has 0 spiro atoms. The average Bonchev–Trinajstić information content (AvgIpc) is 3.64. The molecule has 0 bridgehead atoms. The summed E-state index contributed by atoms with van der Waals surface area (Å²) in [6, 6.07) is 69.8. The third-order valence-electron chi connectivity index (χ3n) is 10.8. The second-order valence-electron chi connectivity index (χ2n) is 14.2. The van der Waals surface area contributed by atoms with Gasteiger partial charge in [-0.05, 0) is 41.5 Å². The second kappa shape index (κ2) is 13.5. The third kappa shape index (κ3) is 5.64. The molecule has 0 radical (unpaired) electrons. The number of para-hydroxylation sites is 2. The van der Waals surface area contributed by atoms with Gasteiger partial charge in [0.1, 0.15) is 0 Å².